The molecule has 0 aromatic rings. The van der Waals surface area contributed by atoms with E-state index in [4.69, 9.17) is 24.4 Å². The first kappa shape index (κ1) is 20.2. The van der Waals surface area contributed by atoms with Crippen LogP contribution in [0.15, 0.2) is 25.3 Å². The first-order chi connectivity index (χ1) is 11.6. The van der Waals surface area contributed by atoms with Crippen LogP contribution in [0.1, 0.15) is 0 Å². The number of hydrogen-bond acceptors (Lipinski definition) is 6. The zero-order chi connectivity index (χ0) is 17.4. The molecule has 8 heteroatoms. The summed E-state index contributed by atoms with van der Waals surface area (Å²) in [6.07, 6.45) is 3.93. The third-order valence-electron chi connectivity index (χ3n) is 4.22. The van der Waals surface area contributed by atoms with E-state index in [1.807, 2.05) is 12.2 Å². The van der Waals surface area contributed by atoms with Gasteiger partial charge in [-0.3, -0.25) is 9.80 Å². The van der Waals surface area contributed by atoms with Crippen LogP contribution < -0.4 is 0 Å². The Morgan fingerprint density at radius 2 is 1.04 bits per heavy atom. The number of nitrogens with zero attached hydrogens (tertiary/aromatic N) is 4. The molecule has 0 aromatic heterocycles. The lowest BCUT2D eigenvalue weighted by molar-refractivity contribution is 0.202. The smallest absolute Gasteiger partial charge is 0.147 e. The standard InChI is InChI=1S/C16H26N4S4/c1-3-5-17-7-11-19(12-8-17)15(21)23-24-16(22)20-13-9-18(6-4-2)10-14-20/h3-4H,1-2,5-14H2. The maximum Gasteiger partial charge on any atom is 0.147 e. The summed E-state index contributed by atoms with van der Waals surface area (Å²) in [5.41, 5.74) is 0. The first-order valence-corrected chi connectivity index (χ1v) is 11.2. The van der Waals surface area contributed by atoms with Crippen molar-refractivity contribution in [3.05, 3.63) is 25.3 Å². The highest BCUT2D eigenvalue weighted by Gasteiger charge is 2.21. The minimum Gasteiger partial charge on any atom is -0.354 e. The van der Waals surface area contributed by atoms with Crippen molar-refractivity contribution in [3.8, 4) is 0 Å². The van der Waals surface area contributed by atoms with Gasteiger partial charge in [-0.2, -0.15) is 0 Å². The summed E-state index contributed by atoms with van der Waals surface area (Å²) >= 11 is 11.2. The van der Waals surface area contributed by atoms with Gasteiger partial charge in [0.2, 0.25) is 0 Å². The van der Waals surface area contributed by atoms with E-state index in [-0.39, 0.29) is 0 Å². The van der Waals surface area contributed by atoms with Gasteiger partial charge >= 0.3 is 0 Å². The normalized spacial score (nSPS) is 20.0. The van der Waals surface area contributed by atoms with Crippen LogP contribution >= 0.6 is 46.0 Å². The Balaban J connectivity index is 1.66. The van der Waals surface area contributed by atoms with Gasteiger partial charge in [-0.1, -0.05) is 36.6 Å². The minimum atomic E-state index is 0.950. The van der Waals surface area contributed by atoms with Crippen molar-refractivity contribution < 1.29 is 0 Å². The lowest BCUT2D eigenvalue weighted by atomic mass is 10.3. The highest BCUT2D eigenvalue weighted by atomic mass is 33.1. The Kier molecular flexibility index (Phi) is 9.07. The van der Waals surface area contributed by atoms with E-state index >= 15 is 0 Å². The largest absolute Gasteiger partial charge is 0.354 e. The zero-order valence-electron chi connectivity index (χ0n) is 14.1. The second kappa shape index (κ2) is 10.8. The summed E-state index contributed by atoms with van der Waals surface area (Å²) in [6.45, 7) is 17.7. The summed E-state index contributed by atoms with van der Waals surface area (Å²) in [5.74, 6) is 0. The molecule has 4 nitrogen and oxygen atoms in total. The van der Waals surface area contributed by atoms with Crippen LogP contribution in [0, 0.1) is 0 Å². The molecule has 2 aliphatic rings. The van der Waals surface area contributed by atoms with Crippen molar-refractivity contribution in [1.82, 2.24) is 19.6 Å². The molecule has 0 unspecified atom stereocenters. The van der Waals surface area contributed by atoms with Crippen LogP contribution in [0.4, 0.5) is 0 Å². The monoisotopic (exact) mass is 402 g/mol. The van der Waals surface area contributed by atoms with Gasteiger partial charge in [0.1, 0.15) is 8.64 Å². The summed E-state index contributed by atoms with van der Waals surface area (Å²) in [4.78, 5) is 9.38. The van der Waals surface area contributed by atoms with Crippen molar-refractivity contribution in [1.29, 1.82) is 0 Å². The summed E-state index contributed by atoms with van der Waals surface area (Å²) in [6, 6.07) is 0. The molecule has 2 rings (SSSR count). The Hall–Kier alpha value is -0.120. The maximum atomic E-state index is 5.58. The molecule has 0 aromatic carbocycles. The molecule has 0 saturated carbocycles. The fraction of sp³-hybridized carbons (Fsp3) is 0.625. The van der Waals surface area contributed by atoms with Gasteiger partial charge in [-0.05, 0) is 21.6 Å². The third kappa shape index (κ3) is 6.31. The molecule has 0 bridgehead atoms. The molecule has 0 amide bonds. The van der Waals surface area contributed by atoms with Crippen molar-refractivity contribution in [2.75, 3.05) is 65.4 Å². The minimum absolute atomic E-state index is 0.950. The van der Waals surface area contributed by atoms with Crippen molar-refractivity contribution in [3.63, 3.8) is 0 Å². The van der Waals surface area contributed by atoms with Gasteiger partial charge < -0.3 is 9.80 Å². The van der Waals surface area contributed by atoms with E-state index in [2.05, 4.69) is 32.8 Å². The molecule has 0 N–H and O–H groups in total. The molecular formula is C16H26N4S4. The summed E-state index contributed by atoms with van der Waals surface area (Å²) < 4.78 is 1.90. The van der Waals surface area contributed by atoms with Crippen LogP contribution in [-0.4, -0.2) is 93.7 Å². The average molecular weight is 403 g/mol. The Morgan fingerprint density at radius 1 is 0.708 bits per heavy atom. The number of rotatable bonds is 4. The molecule has 134 valence electrons. The van der Waals surface area contributed by atoms with Crippen molar-refractivity contribution >= 4 is 54.7 Å². The first-order valence-electron chi connectivity index (χ1n) is 8.23. The van der Waals surface area contributed by atoms with Crippen molar-refractivity contribution in [2.45, 2.75) is 0 Å². The summed E-state index contributed by atoms with van der Waals surface area (Å²) in [7, 11) is 3.27. The lowest BCUT2D eigenvalue weighted by Gasteiger charge is -2.36. The van der Waals surface area contributed by atoms with E-state index in [0.717, 1.165) is 74.1 Å². The predicted molar refractivity (Wildman–Crippen MR) is 117 cm³/mol. The van der Waals surface area contributed by atoms with Gasteiger partial charge in [0.15, 0.2) is 0 Å². The van der Waals surface area contributed by atoms with Gasteiger partial charge in [-0.15, -0.1) is 13.2 Å². The number of piperazine rings is 2. The maximum absolute atomic E-state index is 5.58. The van der Waals surface area contributed by atoms with Crippen LogP contribution in [0.2, 0.25) is 0 Å². The topological polar surface area (TPSA) is 13.0 Å². The van der Waals surface area contributed by atoms with E-state index in [9.17, 15) is 0 Å². The Labute approximate surface area is 164 Å². The molecule has 0 aliphatic carbocycles. The third-order valence-corrected chi connectivity index (χ3v) is 7.95. The molecule has 2 fully saturated rings. The molecular weight excluding hydrogens is 376 g/mol. The fourth-order valence-electron chi connectivity index (χ4n) is 2.77. The molecule has 0 radical (unpaired) electrons. The van der Waals surface area contributed by atoms with Crippen LogP contribution in [0.25, 0.3) is 0 Å². The summed E-state index contributed by atoms with van der Waals surface area (Å²) in [5, 5.41) is 0. The van der Waals surface area contributed by atoms with Gasteiger partial charge in [0, 0.05) is 65.4 Å². The van der Waals surface area contributed by atoms with Gasteiger partial charge in [-0.25, -0.2) is 0 Å². The SMILES string of the molecule is C=CCN1CCN(C(=S)SSC(=S)N2CCN(CC=C)CC2)CC1. The van der Waals surface area contributed by atoms with E-state index < -0.39 is 0 Å². The van der Waals surface area contributed by atoms with Crippen LogP contribution in [0.3, 0.4) is 0 Å². The molecule has 2 saturated heterocycles. The highest BCUT2D eigenvalue weighted by Crippen LogP contribution is 2.29. The van der Waals surface area contributed by atoms with Crippen LogP contribution in [0.5, 0.6) is 0 Å². The van der Waals surface area contributed by atoms with Crippen molar-refractivity contribution in [2.24, 2.45) is 0 Å². The van der Waals surface area contributed by atoms with E-state index in [0.29, 0.717) is 0 Å². The average Bonchev–Trinajstić information content (AvgIpc) is 2.61. The lowest BCUT2D eigenvalue weighted by Crippen LogP contribution is -2.48. The Morgan fingerprint density at radius 3 is 1.33 bits per heavy atom. The number of hydrogen-bond donors (Lipinski definition) is 0. The predicted octanol–water partition coefficient (Wildman–Crippen LogP) is 2.54. The molecule has 24 heavy (non-hydrogen) atoms. The Bertz CT molecular complexity index is 413. The van der Waals surface area contributed by atoms with E-state index in [1.165, 1.54) is 0 Å². The van der Waals surface area contributed by atoms with Crippen LogP contribution in [-0.2, 0) is 0 Å². The molecule has 2 aliphatic heterocycles. The fourth-order valence-corrected chi connectivity index (χ4v) is 5.52. The second-order valence-corrected chi connectivity index (χ2v) is 9.25. The molecule has 2 heterocycles. The molecule has 0 spiro atoms. The zero-order valence-corrected chi connectivity index (χ0v) is 17.3. The number of thiocarbonyl (C=S) groups is 2. The quantitative estimate of drug-likeness (QED) is 0.399. The van der Waals surface area contributed by atoms with Gasteiger partial charge in [0.25, 0.3) is 0 Å². The highest BCUT2D eigenvalue weighted by molar-refractivity contribution is 8.89. The van der Waals surface area contributed by atoms with E-state index in [1.54, 1.807) is 21.6 Å². The molecule has 0 atom stereocenters. The van der Waals surface area contributed by atoms with Gasteiger partial charge in [0.05, 0.1) is 0 Å². The second-order valence-electron chi connectivity index (χ2n) is 5.85.